The van der Waals surface area contributed by atoms with Crippen molar-refractivity contribution in [3.63, 3.8) is 0 Å². The third kappa shape index (κ3) is 8.08. The molecule has 1 atom stereocenters. The van der Waals surface area contributed by atoms with E-state index in [0.717, 1.165) is 5.69 Å². The minimum atomic E-state index is -1.01. The van der Waals surface area contributed by atoms with Gasteiger partial charge in [0.25, 0.3) is 5.91 Å². The Morgan fingerprint density at radius 1 is 1.19 bits per heavy atom. The van der Waals surface area contributed by atoms with Gasteiger partial charge in [-0.25, -0.2) is 0 Å². The van der Waals surface area contributed by atoms with Gasteiger partial charge in [0.05, 0.1) is 12.1 Å². The molecule has 1 aromatic rings. The molecule has 0 radical (unpaired) electrons. The molecule has 0 aromatic carbocycles. The Morgan fingerprint density at radius 2 is 1.69 bits per heavy atom. The van der Waals surface area contributed by atoms with Crippen LogP contribution < -0.4 is 27.8 Å². The molecule has 8 N–H and O–H groups in total. The predicted molar refractivity (Wildman–Crippen MR) is 101 cm³/mol. The Labute approximate surface area is 154 Å². The minimum absolute atomic E-state index is 0.205. The van der Waals surface area contributed by atoms with E-state index in [-0.39, 0.29) is 11.8 Å². The number of carbonyl (C=O) groups excluding carboxylic acids is 3. The number of nitrogens with one attached hydrogen (secondary N) is 2. The van der Waals surface area contributed by atoms with E-state index in [0.29, 0.717) is 5.69 Å². The number of rotatable bonds is 5. The minimum Gasteiger partial charge on any atom is -0.370 e. The van der Waals surface area contributed by atoms with E-state index in [1.165, 1.54) is 25.8 Å². The molecule has 0 saturated heterocycles. The van der Waals surface area contributed by atoms with Gasteiger partial charge in [-0.15, -0.1) is 0 Å². The van der Waals surface area contributed by atoms with Gasteiger partial charge in [-0.05, 0) is 20.2 Å². The predicted octanol–water partition coefficient (Wildman–Crippen LogP) is -1.41. The number of aryl methyl sites for hydroxylation is 1. The molecule has 150 valence electrons. The zero-order chi connectivity index (χ0) is 21.1. The van der Waals surface area contributed by atoms with E-state index >= 15 is 0 Å². The maximum absolute atomic E-state index is 12.3. The van der Waals surface area contributed by atoms with Gasteiger partial charge in [0.2, 0.25) is 11.8 Å². The van der Waals surface area contributed by atoms with Gasteiger partial charge in [0, 0.05) is 19.5 Å². The maximum Gasteiger partial charge on any atom is 0.270 e. The van der Waals surface area contributed by atoms with E-state index < -0.39 is 23.8 Å². The molecule has 0 bridgehead atoms. The average Bonchev–Trinajstić information content (AvgIpc) is 2.99. The number of likely N-dealkylation sites (N-methyl/N-ethyl adjacent to an activating group) is 1. The van der Waals surface area contributed by atoms with Crippen LogP contribution in [0, 0.1) is 0 Å². The highest BCUT2D eigenvalue weighted by atomic mass is 16.2. The molecule has 1 heterocycles. The van der Waals surface area contributed by atoms with E-state index in [2.05, 4.69) is 27.2 Å². The Balaban J connectivity index is 0. The number of nitrogens with two attached hydrogens (primary N) is 3. The first-order chi connectivity index (χ1) is 12.1. The lowest BCUT2D eigenvalue weighted by atomic mass is 9.92. The quantitative estimate of drug-likeness (QED) is 0.425. The molecule has 0 saturated carbocycles. The lowest BCUT2D eigenvalue weighted by molar-refractivity contribution is -0.126. The summed E-state index contributed by atoms with van der Waals surface area (Å²) >= 11 is 0. The smallest absolute Gasteiger partial charge is 0.270 e. The van der Waals surface area contributed by atoms with Crippen LogP contribution >= 0.6 is 0 Å². The highest BCUT2D eigenvalue weighted by Crippen LogP contribution is 2.21. The van der Waals surface area contributed by atoms with Gasteiger partial charge in [-0.3, -0.25) is 19.1 Å². The second-order valence-electron chi connectivity index (χ2n) is 6.10. The van der Waals surface area contributed by atoms with Crippen molar-refractivity contribution in [3.8, 4) is 0 Å². The molecular formula is C16H33N7O3. The Morgan fingerprint density at radius 3 is 2.04 bits per heavy atom. The number of amides is 3. The van der Waals surface area contributed by atoms with Crippen LogP contribution in [0.3, 0.4) is 0 Å². The van der Waals surface area contributed by atoms with Crippen LogP contribution in [0.4, 0.5) is 0 Å². The van der Waals surface area contributed by atoms with Crippen molar-refractivity contribution in [2.24, 2.45) is 24.2 Å². The van der Waals surface area contributed by atoms with Crippen molar-refractivity contribution < 1.29 is 14.4 Å². The fourth-order valence-corrected chi connectivity index (χ4v) is 1.86. The van der Waals surface area contributed by atoms with E-state index in [9.17, 15) is 14.4 Å². The number of aromatic nitrogens is 2. The summed E-state index contributed by atoms with van der Waals surface area (Å²) in [7, 11) is 6.07. The SMILES string of the molecule is CN.CN.CNC(=O)[C@H](CC(N)=O)NC(=O)c1cc(C(C)(C)C)nn1C. The van der Waals surface area contributed by atoms with Crippen molar-refractivity contribution >= 4 is 17.7 Å². The van der Waals surface area contributed by atoms with Crippen LogP contribution in [0.15, 0.2) is 6.07 Å². The first-order valence-corrected chi connectivity index (χ1v) is 8.07. The largest absolute Gasteiger partial charge is 0.370 e. The molecule has 0 aliphatic carbocycles. The molecule has 3 amide bonds. The fourth-order valence-electron chi connectivity index (χ4n) is 1.86. The number of carbonyl (C=O) groups is 3. The summed E-state index contributed by atoms with van der Waals surface area (Å²) in [5, 5.41) is 9.20. The lowest BCUT2D eigenvalue weighted by Crippen LogP contribution is -2.48. The first-order valence-electron chi connectivity index (χ1n) is 8.07. The topological polar surface area (TPSA) is 171 Å². The molecule has 0 fully saturated rings. The van der Waals surface area contributed by atoms with E-state index in [1.807, 2.05) is 20.8 Å². The number of hydrogen-bond donors (Lipinski definition) is 5. The molecule has 1 aromatic heterocycles. The van der Waals surface area contributed by atoms with Crippen LogP contribution in [-0.4, -0.2) is 54.7 Å². The summed E-state index contributed by atoms with van der Waals surface area (Å²) < 4.78 is 1.45. The third-order valence-corrected chi connectivity index (χ3v) is 3.15. The number of nitrogens with zero attached hydrogens (tertiary/aromatic N) is 2. The Kier molecular flexibility index (Phi) is 11.9. The monoisotopic (exact) mass is 371 g/mol. The summed E-state index contributed by atoms with van der Waals surface area (Å²) in [6, 6.07) is 0.656. The lowest BCUT2D eigenvalue weighted by Gasteiger charge is -2.15. The summed E-state index contributed by atoms with van der Waals surface area (Å²) in [4.78, 5) is 35.0. The van der Waals surface area contributed by atoms with Crippen LogP contribution in [0.1, 0.15) is 43.4 Å². The van der Waals surface area contributed by atoms with Gasteiger partial charge in [0.1, 0.15) is 11.7 Å². The van der Waals surface area contributed by atoms with Gasteiger partial charge >= 0.3 is 0 Å². The standard InChI is InChI=1S/C14H23N5O3.2CH5N/c1-14(2,3)10-7-9(19(5)18-10)13(22)17-8(6-11(15)20)12(21)16-4;2*1-2/h7-8H,6H2,1-5H3,(H2,15,20)(H,16,21)(H,17,22);2*2H2,1H3/t8-;;/m0../s1. The zero-order valence-corrected chi connectivity index (χ0v) is 16.7. The number of hydrogen-bond acceptors (Lipinski definition) is 6. The van der Waals surface area contributed by atoms with Crippen molar-refractivity contribution in [2.75, 3.05) is 21.1 Å². The Bertz CT molecular complexity index is 591. The summed E-state index contributed by atoms with van der Waals surface area (Å²) in [6.07, 6.45) is -0.268. The van der Waals surface area contributed by atoms with Crippen LogP contribution in [0.2, 0.25) is 0 Å². The highest BCUT2D eigenvalue weighted by molar-refractivity contribution is 5.97. The molecule has 10 heteroatoms. The summed E-state index contributed by atoms with van der Waals surface area (Å²) in [6.45, 7) is 5.95. The molecule has 0 spiro atoms. The van der Waals surface area contributed by atoms with Gasteiger partial charge < -0.3 is 27.8 Å². The molecule has 10 nitrogen and oxygen atoms in total. The van der Waals surface area contributed by atoms with Gasteiger partial charge in [-0.2, -0.15) is 5.10 Å². The summed E-state index contributed by atoms with van der Waals surface area (Å²) in [5.74, 6) is -1.64. The number of primary amides is 1. The van der Waals surface area contributed by atoms with E-state index in [4.69, 9.17) is 5.73 Å². The second kappa shape index (κ2) is 12.0. The van der Waals surface area contributed by atoms with E-state index in [1.54, 1.807) is 13.1 Å². The van der Waals surface area contributed by atoms with Crippen LogP contribution in [0.25, 0.3) is 0 Å². The first kappa shape index (κ1) is 25.8. The van der Waals surface area contributed by atoms with Crippen molar-refractivity contribution in [2.45, 2.75) is 38.6 Å². The Hall–Kier alpha value is -2.46. The normalized spacial score (nSPS) is 11.1. The molecule has 0 unspecified atom stereocenters. The van der Waals surface area contributed by atoms with Crippen molar-refractivity contribution in [1.29, 1.82) is 0 Å². The fraction of sp³-hybridized carbons (Fsp3) is 0.625. The molecule has 1 rings (SSSR count). The van der Waals surface area contributed by atoms with Gasteiger partial charge in [0.15, 0.2) is 0 Å². The molecule has 0 aliphatic heterocycles. The third-order valence-electron chi connectivity index (χ3n) is 3.15. The van der Waals surface area contributed by atoms with Crippen LogP contribution in [-0.2, 0) is 22.1 Å². The van der Waals surface area contributed by atoms with Crippen molar-refractivity contribution in [3.05, 3.63) is 17.5 Å². The molecule has 0 aliphatic rings. The highest BCUT2D eigenvalue weighted by Gasteiger charge is 2.26. The molecular weight excluding hydrogens is 338 g/mol. The summed E-state index contributed by atoms with van der Waals surface area (Å²) in [5.41, 5.74) is 15.0. The second-order valence-corrected chi connectivity index (χ2v) is 6.10. The van der Waals surface area contributed by atoms with Crippen LogP contribution in [0.5, 0.6) is 0 Å². The average molecular weight is 371 g/mol. The zero-order valence-electron chi connectivity index (χ0n) is 16.7. The maximum atomic E-state index is 12.3. The van der Waals surface area contributed by atoms with Crippen molar-refractivity contribution in [1.82, 2.24) is 20.4 Å². The molecule has 26 heavy (non-hydrogen) atoms. The van der Waals surface area contributed by atoms with Gasteiger partial charge in [-0.1, -0.05) is 20.8 Å².